The number of hydrogen-bond acceptors (Lipinski definition) is 7. The first-order valence-corrected chi connectivity index (χ1v) is 11.1. The van der Waals surface area contributed by atoms with E-state index in [1.165, 1.54) is 12.1 Å². The smallest absolute Gasteiger partial charge is 0.377 e. The lowest BCUT2D eigenvalue weighted by Gasteiger charge is -2.12. The molecule has 4 aromatic rings. The fraction of sp³-hybridized carbons (Fsp3) is 0.167. The van der Waals surface area contributed by atoms with Crippen LogP contribution in [0.2, 0.25) is 5.02 Å². The molecule has 178 valence electrons. The first kappa shape index (κ1) is 23.8. The monoisotopic (exact) mass is 492 g/mol. The second-order valence-electron chi connectivity index (χ2n) is 8.15. The zero-order valence-corrected chi connectivity index (χ0v) is 20.5. The van der Waals surface area contributed by atoms with E-state index in [2.05, 4.69) is 10.3 Å². The molecule has 0 radical (unpaired) electrons. The maximum absolute atomic E-state index is 11.0. The quantitative estimate of drug-likeness (QED) is 0.240. The zero-order chi connectivity index (χ0) is 25.1. The topological polar surface area (TPSA) is 95.2 Å². The van der Waals surface area contributed by atoms with E-state index in [0.717, 1.165) is 11.4 Å². The standard InChI is InChI=1S/C24H25ClN8O2/c1-29(2)18-9-13-31(14-10-18)23-21(25)22(26-17-5-7-20(8-6-17)33(34)35)27-24(28-23)32-15-11-19(12-16-32)30(3)4/h5-16H,1-4H3,(H,26,27,28)/q+2. The second kappa shape index (κ2) is 9.90. The lowest BCUT2D eigenvalue weighted by molar-refractivity contribution is -0.614. The van der Waals surface area contributed by atoms with Gasteiger partial charge < -0.3 is 15.1 Å². The van der Waals surface area contributed by atoms with Gasteiger partial charge in [-0.25, -0.2) is 4.57 Å². The Morgan fingerprint density at radius 2 is 1.34 bits per heavy atom. The number of halogens is 1. The van der Waals surface area contributed by atoms with Crippen LogP contribution in [0.3, 0.4) is 0 Å². The van der Waals surface area contributed by atoms with Gasteiger partial charge in [0.2, 0.25) is 5.82 Å². The predicted octanol–water partition coefficient (Wildman–Crippen LogP) is 3.47. The van der Waals surface area contributed by atoms with E-state index >= 15 is 0 Å². The summed E-state index contributed by atoms with van der Waals surface area (Å²) in [5.41, 5.74) is 2.67. The zero-order valence-electron chi connectivity index (χ0n) is 19.8. The molecule has 0 unspecified atom stereocenters. The van der Waals surface area contributed by atoms with Crippen LogP contribution in [-0.2, 0) is 0 Å². The molecule has 0 atom stereocenters. The number of benzene rings is 1. The number of nitrogens with zero attached hydrogens (tertiary/aromatic N) is 7. The molecule has 0 aliphatic carbocycles. The van der Waals surface area contributed by atoms with E-state index in [9.17, 15) is 10.1 Å². The van der Waals surface area contributed by atoms with Gasteiger partial charge in [-0.05, 0) is 29.2 Å². The molecule has 1 aromatic carbocycles. The number of anilines is 4. The normalized spacial score (nSPS) is 10.7. The fourth-order valence-corrected chi connectivity index (χ4v) is 3.53. The van der Waals surface area contributed by atoms with Crippen LogP contribution in [0.5, 0.6) is 0 Å². The summed E-state index contributed by atoms with van der Waals surface area (Å²) in [4.78, 5) is 23.9. The lowest BCUT2D eigenvalue weighted by Crippen LogP contribution is -2.37. The average molecular weight is 493 g/mol. The van der Waals surface area contributed by atoms with Gasteiger partial charge in [-0.1, -0.05) is 11.6 Å². The van der Waals surface area contributed by atoms with Gasteiger partial charge in [0, 0.05) is 74.5 Å². The highest BCUT2D eigenvalue weighted by Crippen LogP contribution is 2.27. The Bertz CT molecular complexity index is 1340. The molecule has 35 heavy (non-hydrogen) atoms. The van der Waals surface area contributed by atoms with Crippen molar-refractivity contribution in [2.75, 3.05) is 43.3 Å². The molecule has 0 saturated carbocycles. The molecular weight excluding hydrogens is 468 g/mol. The highest BCUT2D eigenvalue weighted by Gasteiger charge is 2.28. The van der Waals surface area contributed by atoms with Crippen LogP contribution >= 0.6 is 11.6 Å². The van der Waals surface area contributed by atoms with Crippen LogP contribution in [0.1, 0.15) is 0 Å². The van der Waals surface area contributed by atoms with Crippen molar-refractivity contribution in [3.8, 4) is 11.8 Å². The van der Waals surface area contributed by atoms with Crippen LogP contribution in [0.25, 0.3) is 11.8 Å². The molecule has 0 fully saturated rings. The molecule has 0 bridgehead atoms. The third kappa shape index (κ3) is 5.28. The molecule has 3 heterocycles. The maximum atomic E-state index is 11.0. The number of nitro benzene ring substituents is 1. The van der Waals surface area contributed by atoms with Crippen molar-refractivity contribution in [2.45, 2.75) is 0 Å². The lowest BCUT2D eigenvalue weighted by atomic mass is 10.3. The van der Waals surface area contributed by atoms with E-state index in [1.807, 2.05) is 91.6 Å². The number of rotatable bonds is 7. The predicted molar refractivity (Wildman–Crippen MR) is 135 cm³/mol. The van der Waals surface area contributed by atoms with Gasteiger partial charge in [0.25, 0.3) is 5.69 Å². The molecule has 0 saturated heterocycles. The second-order valence-corrected chi connectivity index (χ2v) is 8.53. The van der Waals surface area contributed by atoms with Gasteiger partial charge in [-0.3, -0.25) is 10.1 Å². The molecule has 11 heteroatoms. The summed E-state index contributed by atoms with van der Waals surface area (Å²) in [6.45, 7) is 0. The molecular formula is C24H25ClN8O2+2. The van der Waals surface area contributed by atoms with Crippen LogP contribution in [-0.4, -0.2) is 43.1 Å². The summed E-state index contributed by atoms with van der Waals surface area (Å²) in [6, 6.07) is 13.9. The first-order valence-electron chi connectivity index (χ1n) is 10.7. The average Bonchev–Trinajstić information content (AvgIpc) is 2.85. The van der Waals surface area contributed by atoms with Gasteiger partial charge in [-0.15, -0.1) is 0 Å². The van der Waals surface area contributed by atoms with Crippen molar-refractivity contribution in [3.05, 3.63) is 88.5 Å². The Morgan fingerprint density at radius 3 is 1.83 bits per heavy atom. The molecule has 0 spiro atoms. The van der Waals surface area contributed by atoms with E-state index in [0.29, 0.717) is 28.3 Å². The van der Waals surface area contributed by atoms with Crippen molar-refractivity contribution in [2.24, 2.45) is 0 Å². The summed E-state index contributed by atoms with van der Waals surface area (Å²) in [5, 5.41) is 14.5. The van der Waals surface area contributed by atoms with Crippen LogP contribution in [0.4, 0.5) is 28.6 Å². The Hall–Kier alpha value is -4.31. The van der Waals surface area contributed by atoms with Crippen molar-refractivity contribution in [1.29, 1.82) is 0 Å². The number of nitro groups is 1. The van der Waals surface area contributed by atoms with Crippen LogP contribution < -0.4 is 24.3 Å². The Morgan fingerprint density at radius 1 is 0.829 bits per heavy atom. The number of hydrogen-bond donors (Lipinski definition) is 1. The molecule has 10 nitrogen and oxygen atoms in total. The Labute approximate surface area is 207 Å². The number of non-ortho nitro benzene ring substituents is 1. The third-order valence-corrected chi connectivity index (χ3v) is 5.64. The number of pyridine rings is 2. The van der Waals surface area contributed by atoms with E-state index < -0.39 is 4.92 Å². The van der Waals surface area contributed by atoms with Gasteiger partial charge in [0.1, 0.15) is 0 Å². The summed E-state index contributed by atoms with van der Waals surface area (Å²) >= 11 is 6.76. The fourth-order valence-electron chi connectivity index (χ4n) is 3.30. The number of aromatic nitrogens is 4. The SMILES string of the molecule is CN(C)c1cc[n+](-c2nc(Nc3ccc([N+](=O)[O-])cc3)c(Cl)c(-[n+]3ccc(N(C)C)cc3)n2)cc1. The van der Waals surface area contributed by atoms with Gasteiger partial charge in [0.15, 0.2) is 5.02 Å². The molecule has 0 aliphatic heterocycles. The highest BCUT2D eigenvalue weighted by atomic mass is 35.5. The summed E-state index contributed by atoms with van der Waals surface area (Å²) < 4.78 is 3.61. The molecule has 3 aromatic heterocycles. The first-order chi connectivity index (χ1) is 16.7. The van der Waals surface area contributed by atoms with Crippen molar-refractivity contribution in [1.82, 2.24) is 9.97 Å². The van der Waals surface area contributed by atoms with Crippen LogP contribution in [0.15, 0.2) is 73.3 Å². The Kier molecular flexibility index (Phi) is 6.74. The molecule has 0 aliphatic rings. The summed E-state index contributed by atoms with van der Waals surface area (Å²) in [7, 11) is 7.87. The molecule has 4 rings (SSSR count). The third-order valence-electron chi connectivity index (χ3n) is 5.29. The van der Waals surface area contributed by atoms with E-state index in [4.69, 9.17) is 16.6 Å². The van der Waals surface area contributed by atoms with Crippen molar-refractivity contribution >= 4 is 40.2 Å². The highest BCUT2D eigenvalue weighted by molar-refractivity contribution is 6.34. The minimum absolute atomic E-state index is 0.00112. The number of nitrogens with one attached hydrogen (secondary N) is 1. The maximum Gasteiger partial charge on any atom is 0.479 e. The largest absolute Gasteiger partial charge is 0.479 e. The minimum atomic E-state index is -0.445. The molecule has 1 N–H and O–H groups in total. The molecule has 0 amide bonds. The van der Waals surface area contributed by atoms with Gasteiger partial charge >= 0.3 is 11.8 Å². The van der Waals surface area contributed by atoms with Crippen molar-refractivity contribution in [3.63, 3.8) is 0 Å². The summed E-state index contributed by atoms with van der Waals surface area (Å²) in [6.07, 6.45) is 7.50. The van der Waals surface area contributed by atoms with E-state index in [1.54, 1.807) is 16.7 Å². The minimum Gasteiger partial charge on any atom is -0.377 e. The van der Waals surface area contributed by atoms with Gasteiger partial charge in [0.05, 0.1) is 29.7 Å². The van der Waals surface area contributed by atoms with Crippen molar-refractivity contribution < 1.29 is 14.1 Å². The van der Waals surface area contributed by atoms with Gasteiger partial charge in [-0.2, -0.15) is 4.57 Å². The Balaban J connectivity index is 1.80. The summed E-state index contributed by atoms with van der Waals surface area (Å²) in [5.74, 6) is 1.26. The van der Waals surface area contributed by atoms with Crippen LogP contribution in [0, 0.1) is 10.1 Å². The van der Waals surface area contributed by atoms with E-state index in [-0.39, 0.29) is 5.69 Å².